The van der Waals surface area contributed by atoms with E-state index in [0.29, 0.717) is 10.3 Å². The molecule has 0 aromatic carbocycles. The highest BCUT2D eigenvalue weighted by Crippen LogP contribution is 2.17. The molecular formula is C9H13BrN2O2. The fourth-order valence-corrected chi connectivity index (χ4v) is 1.20. The number of anilines is 1. The van der Waals surface area contributed by atoms with Crippen molar-refractivity contribution in [2.24, 2.45) is 0 Å². The standard InChI is InChI=1S/C8H9BrN2O2.CH4/c1-10-6-4-3-5(9)7(11-6)8(12)13-2;/h3-4H,1-2H3,(H,10,11);1H4. The summed E-state index contributed by atoms with van der Waals surface area (Å²) in [6, 6.07) is 3.50. The first-order chi connectivity index (χ1) is 6.19. The van der Waals surface area contributed by atoms with E-state index in [4.69, 9.17) is 0 Å². The van der Waals surface area contributed by atoms with E-state index in [9.17, 15) is 4.79 Å². The molecule has 0 radical (unpaired) electrons. The Labute approximate surface area is 91.8 Å². The summed E-state index contributed by atoms with van der Waals surface area (Å²) in [5, 5.41) is 2.83. The van der Waals surface area contributed by atoms with Crippen LogP contribution in [0.3, 0.4) is 0 Å². The third kappa shape index (κ3) is 2.70. The Kier molecular flexibility index (Phi) is 5.15. The number of aromatic nitrogens is 1. The first-order valence-corrected chi connectivity index (χ1v) is 4.41. The molecule has 78 valence electrons. The van der Waals surface area contributed by atoms with Crippen molar-refractivity contribution in [1.29, 1.82) is 0 Å². The number of hydrogen-bond donors (Lipinski definition) is 1. The minimum absolute atomic E-state index is 0. The number of halogens is 1. The summed E-state index contributed by atoms with van der Waals surface area (Å²) < 4.78 is 5.18. The molecule has 1 aromatic rings. The predicted octanol–water partition coefficient (Wildman–Crippen LogP) is 2.31. The Balaban J connectivity index is 0.00000169. The topological polar surface area (TPSA) is 51.2 Å². The van der Waals surface area contributed by atoms with Gasteiger partial charge in [-0.1, -0.05) is 7.43 Å². The number of rotatable bonds is 2. The van der Waals surface area contributed by atoms with Crippen molar-refractivity contribution in [1.82, 2.24) is 4.98 Å². The van der Waals surface area contributed by atoms with Crippen LogP contribution in [0.25, 0.3) is 0 Å². The molecule has 4 nitrogen and oxygen atoms in total. The summed E-state index contributed by atoms with van der Waals surface area (Å²) in [5.41, 5.74) is 0.273. The second kappa shape index (κ2) is 5.59. The van der Waals surface area contributed by atoms with Crippen LogP contribution >= 0.6 is 15.9 Å². The Morgan fingerprint density at radius 1 is 1.57 bits per heavy atom. The average Bonchev–Trinajstić information content (AvgIpc) is 2.17. The number of methoxy groups -OCH3 is 1. The van der Waals surface area contributed by atoms with Gasteiger partial charge in [0.05, 0.1) is 11.6 Å². The van der Waals surface area contributed by atoms with E-state index in [1.807, 2.05) is 0 Å². The molecule has 0 saturated carbocycles. The van der Waals surface area contributed by atoms with Gasteiger partial charge in [0.15, 0.2) is 5.69 Å². The average molecular weight is 261 g/mol. The van der Waals surface area contributed by atoms with Crippen molar-refractivity contribution in [2.75, 3.05) is 19.5 Å². The summed E-state index contributed by atoms with van der Waals surface area (Å²) in [5.74, 6) is 0.174. The number of nitrogens with zero attached hydrogens (tertiary/aromatic N) is 1. The van der Waals surface area contributed by atoms with Crippen LogP contribution in [0.15, 0.2) is 16.6 Å². The van der Waals surface area contributed by atoms with Gasteiger partial charge in [-0.3, -0.25) is 0 Å². The molecule has 1 rings (SSSR count). The maximum absolute atomic E-state index is 11.2. The van der Waals surface area contributed by atoms with Gasteiger partial charge in [0.2, 0.25) is 0 Å². The van der Waals surface area contributed by atoms with Crippen LogP contribution < -0.4 is 5.32 Å². The van der Waals surface area contributed by atoms with Crippen LogP contribution in [-0.4, -0.2) is 25.1 Å². The number of nitrogens with one attached hydrogen (secondary N) is 1. The second-order valence-corrected chi connectivity index (χ2v) is 3.12. The zero-order chi connectivity index (χ0) is 9.84. The molecule has 1 heterocycles. The molecule has 1 aromatic heterocycles. The Hall–Kier alpha value is -1.10. The van der Waals surface area contributed by atoms with Gasteiger partial charge in [0.25, 0.3) is 0 Å². The molecule has 0 unspecified atom stereocenters. The van der Waals surface area contributed by atoms with Crippen molar-refractivity contribution in [3.8, 4) is 0 Å². The number of carbonyl (C=O) groups is 1. The lowest BCUT2D eigenvalue weighted by molar-refractivity contribution is 0.0593. The van der Waals surface area contributed by atoms with E-state index < -0.39 is 5.97 Å². The van der Waals surface area contributed by atoms with Crippen molar-refractivity contribution in [3.63, 3.8) is 0 Å². The molecule has 0 bridgehead atoms. The first-order valence-electron chi connectivity index (χ1n) is 3.61. The number of ether oxygens (including phenoxy) is 1. The number of esters is 1. The van der Waals surface area contributed by atoms with Crippen molar-refractivity contribution >= 4 is 27.7 Å². The lowest BCUT2D eigenvalue weighted by Crippen LogP contribution is -2.06. The highest BCUT2D eigenvalue weighted by Gasteiger charge is 2.12. The molecule has 0 saturated heterocycles. The normalized spacial score (nSPS) is 8.79. The van der Waals surface area contributed by atoms with Crippen LogP contribution in [0.5, 0.6) is 0 Å². The zero-order valence-electron chi connectivity index (χ0n) is 7.30. The summed E-state index contributed by atoms with van der Waals surface area (Å²) >= 11 is 3.21. The monoisotopic (exact) mass is 260 g/mol. The second-order valence-electron chi connectivity index (χ2n) is 2.27. The van der Waals surface area contributed by atoms with Crippen LogP contribution in [0.4, 0.5) is 5.82 Å². The Morgan fingerprint density at radius 2 is 2.21 bits per heavy atom. The predicted molar refractivity (Wildman–Crippen MR) is 59.6 cm³/mol. The van der Waals surface area contributed by atoms with Gasteiger partial charge >= 0.3 is 5.97 Å². The van der Waals surface area contributed by atoms with E-state index in [0.717, 1.165) is 0 Å². The molecule has 0 atom stereocenters. The van der Waals surface area contributed by atoms with Crippen LogP contribution in [0.2, 0.25) is 0 Å². The molecule has 0 aliphatic heterocycles. The Bertz CT molecular complexity index is 329. The summed E-state index contributed by atoms with van der Waals surface area (Å²) in [7, 11) is 3.06. The minimum Gasteiger partial charge on any atom is -0.464 e. The van der Waals surface area contributed by atoms with Gasteiger partial charge in [-0.25, -0.2) is 9.78 Å². The quantitative estimate of drug-likeness (QED) is 0.830. The maximum atomic E-state index is 11.2. The largest absolute Gasteiger partial charge is 0.464 e. The molecule has 14 heavy (non-hydrogen) atoms. The molecule has 0 aliphatic rings. The SMILES string of the molecule is C.CNc1ccc(Br)c(C(=O)OC)n1. The van der Waals surface area contributed by atoms with Gasteiger partial charge in [-0.2, -0.15) is 0 Å². The van der Waals surface area contributed by atoms with Crippen LogP contribution in [-0.2, 0) is 4.74 Å². The molecule has 1 N–H and O–H groups in total. The van der Waals surface area contributed by atoms with Gasteiger partial charge in [-0.15, -0.1) is 0 Å². The van der Waals surface area contributed by atoms with Gasteiger partial charge in [-0.05, 0) is 28.1 Å². The van der Waals surface area contributed by atoms with Crippen molar-refractivity contribution in [3.05, 3.63) is 22.3 Å². The van der Waals surface area contributed by atoms with Crippen LogP contribution in [0.1, 0.15) is 17.9 Å². The molecule has 0 amide bonds. The third-order valence-corrected chi connectivity index (χ3v) is 2.12. The highest BCUT2D eigenvalue weighted by atomic mass is 79.9. The summed E-state index contributed by atoms with van der Waals surface area (Å²) in [6.07, 6.45) is 0. The summed E-state index contributed by atoms with van der Waals surface area (Å²) in [6.45, 7) is 0. The lowest BCUT2D eigenvalue weighted by atomic mass is 10.3. The molecular weight excluding hydrogens is 248 g/mol. The molecule has 5 heteroatoms. The van der Waals surface area contributed by atoms with Gasteiger partial charge < -0.3 is 10.1 Å². The van der Waals surface area contributed by atoms with E-state index in [-0.39, 0.29) is 13.1 Å². The lowest BCUT2D eigenvalue weighted by Gasteiger charge is -2.03. The number of hydrogen-bond acceptors (Lipinski definition) is 4. The number of carbonyl (C=O) groups excluding carboxylic acids is 1. The fourth-order valence-electron chi connectivity index (χ4n) is 0.821. The van der Waals surface area contributed by atoms with Crippen molar-refractivity contribution in [2.45, 2.75) is 7.43 Å². The maximum Gasteiger partial charge on any atom is 0.357 e. The first kappa shape index (κ1) is 12.9. The molecule has 0 aliphatic carbocycles. The van der Waals surface area contributed by atoms with E-state index >= 15 is 0 Å². The molecule has 0 fully saturated rings. The van der Waals surface area contributed by atoms with Crippen molar-refractivity contribution < 1.29 is 9.53 Å². The summed E-state index contributed by atoms with van der Waals surface area (Å²) in [4.78, 5) is 15.2. The highest BCUT2D eigenvalue weighted by molar-refractivity contribution is 9.10. The van der Waals surface area contributed by atoms with E-state index in [2.05, 4.69) is 31.0 Å². The zero-order valence-corrected chi connectivity index (χ0v) is 8.88. The number of pyridine rings is 1. The molecule has 0 spiro atoms. The smallest absolute Gasteiger partial charge is 0.357 e. The fraction of sp³-hybridized carbons (Fsp3) is 0.333. The Morgan fingerprint density at radius 3 is 2.71 bits per heavy atom. The minimum atomic E-state index is -0.455. The van der Waals surface area contributed by atoms with E-state index in [1.165, 1.54) is 7.11 Å². The van der Waals surface area contributed by atoms with Crippen LogP contribution in [0, 0.1) is 0 Å². The van der Waals surface area contributed by atoms with Gasteiger partial charge in [0, 0.05) is 7.05 Å². The van der Waals surface area contributed by atoms with E-state index in [1.54, 1.807) is 19.2 Å². The third-order valence-electron chi connectivity index (χ3n) is 1.48. The van der Waals surface area contributed by atoms with Gasteiger partial charge in [0.1, 0.15) is 5.82 Å².